The molecule has 2 N–H and O–H groups in total. The van der Waals surface area contributed by atoms with Gasteiger partial charge in [0.25, 0.3) is 0 Å². The molecule has 2 heterocycles. The largest absolute Gasteiger partial charge is 0.495 e. The van der Waals surface area contributed by atoms with Gasteiger partial charge in [-0.1, -0.05) is 6.58 Å². The normalized spacial score (nSPS) is 10.7. The molecule has 0 unspecified atom stereocenters. The van der Waals surface area contributed by atoms with Gasteiger partial charge in [-0.3, -0.25) is 0 Å². The predicted molar refractivity (Wildman–Crippen MR) is 91.9 cm³/mol. The van der Waals surface area contributed by atoms with Crippen molar-refractivity contribution in [3.63, 3.8) is 0 Å². The number of anilines is 1. The van der Waals surface area contributed by atoms with Gasteiger partial charge in [-0.2, -0.15) is 0 Å². The fourth-order valence-corrected chi connectivity index (χ4v) is 2.33. The fourth-order valence-electron chi connectivity index (χ4n) is 2.33. The van der Waals surface area contributed by atoms with E-state index in [1.54, 1.807) is 7.11 Å². The van der Waals surface area contributed by atoms with Crippen LogP contribution in [0.5, 0.6) is 11.5 Å². The maximum absolute atomic E-state index is 5.98. The Morgan fingerprint density at radius 2 is 2.13 bits per heavy atom. The standard InChI is InChI=1S/C18H19N3O2/c1-12(2)11-23-17-5-4-8-21-10-15(20-18(17)21)13-6-7-16(22-3)14(19)9-13/h4-10H,1,11,19H2,2-3H3. The summed E-state index contributed by atoms with van der Waals surface area (Å²) >= 11 is 0. The third-order valence-electron chi connectivity index (χ3n) is 3.45. The number of hydrogen-bond acceptors (Lipinski definition) is 4. The number of hydrogen-bond donors (Lipinski definition) is 1. The van der Waals surface area contributed by atoms with Crippen molar-refractivity contribution in [2.75, 3.05) is 19.5 Å². The summed E-state index contributed by atoms with van der Waals surface area (Å²) in [6.07, 6.45) is 3.89. The summed E-state index contributed by atoms with van der Waals surface area (Å²) in [6.45, 7) is 6.25. The Hall–Kier alpha value is -2.95. The smallest absolute Gasteiger partial charge is 0.180 e. The van der Waals surface area contributed by atoms with E-state index in [2.05, 4.69) is 11.6 Å². The van der Waals surface area contributed by atoms with Crippen LogP contribution in [0.15, 0.2) is 54.9 Å². The van der Waals surface area contributed by atoms with Gasteiger partial charge in [0.1, 0.15) is 12.4 Å². The molecule has 0 bridgehead atoms. The van der Waals surface area contributed by atoms with Crippen molar-refractivity contribution < 1.29 is 9.47 Å². The summed E-state index contributed by atoms with van der Waals surface area (Å²) in [5, 5.41) is 0. The van der Waals surface area contributed by atoms with E-state index in [1.165, 1.54) is 0 Å². The minimum Gasteiger partial charge on any atom is -0.495 e. The van der Waals surface area contributed by atoms with Gasteiger partial charge in [-0.15, -0.1) is 0 Å². The van der Waals surface area contributed by atoms with Gasteiger partial charge in [0.05, 0.1) is 18.5 Å². The fraction of sp³-hybridized carbons (Fsp3) is 0.167. The molecule has 1 aromatic carbocycles. The Labute approximate surface area is 135 Å². The van der Waals surface area contributed by atoms with E-state index in [0.29, 0.717) is 18.0 Å². The predicted octanol–water partition coefficient (Wildman–Crippen LogP) is 3.55. The van der Waals surface area contributed by atoms with Gasteiger partial charge in [0.15, 0.2) is 11.4 Å². The highest BCUT2D eigenvalue weighted by Gasteiger charge is 2.10. The lowest BCUT2D eigenvalue weighted by Crippen LogP contribution is -1.99. The Kier molecular flexibility index (Phi) is 3.93. The second-order valence-electron chi connectivity index (χ2n) is 5.43. The van der Waals surface area contributed by atoms with Gasteiger partial charge in [0.2, 0.25) is 0 Å². The molecule has 0 atom stereocenters. The molecule has 5 nitrogen and oxygen atoms in total. The molecule has 0 aliphatic heterocycles. The van der Waals surface area contributed by atoms with Gasteiger partial charge in [-0.25, -0.2) is 4.98 Å². The van der Waals surface area contributed by atoms with E-state index in [0.717, 1.165) is 28.2 Å². The summed E-state index contributed by atoms with van der Waals surface area (Å²) in [6, 6.07) is 9.46. The van der Waals surface area contributed by atoms with E-state index >= 15 is 0 Å². The Bertz CT molecular complexity index is 868. The summed E-state index contributed by atoms with van der Waals surface area (Å²) < 4.78 is 12.9. The highest BCUT2D eigenvalue weighted by Crippen LogP contribution is 2.29. The number of nitrogens with two attached hydrogens (primary N) is 1. The minimum absolute atomic E-state index is 0.470. The summed E-state index contributed by atoms with van der Waals surface area (Å²) in [5.74, 6) is 1.38. The number of benzene rings is 1. The zero-order valence-corrected chi connectivity index (χ0v) is 13.2. The van der Waals surface area contributed by atoms with Gasteiger partial charge < -0.3 is 19.6 Å². The number of methoxy groups -OCH3 is 1. The summed E-state index contributed by atoms with van der Waals surface area (Å²) in [7, 11) is 1.60. The molecule has 2 aromatic heterocycles. The van der Waals surface area contributed by atoms with E-state index < -0.39 is 0 Å². The highest BCUT2D eigenvalue weighted by molar-refractivity contribution is 5.71. The molecule has 3 rings (SSSR count). The van der Waals surface area contributed by atoms with Crippen molar-refractivity contribution in [2.45, 2.75) is 6.92 Å². The average Bonchev–Trinajstić information content (AvgIpc) is 2.97. The van der Waals surface area contributed by atoms with Crippen LogP contribution in [0.25, 0.3) is 16.9 Å². The molecule has 0 fully saturated rings. The molecule has 0 saturated heterocycles. The van der Waals surface area contributed by atoms with Crippen LogP contribution in [0.2, 0.25) is 0 Å². The molecule has 5 heteroatoms. The van der Waals surface area contributed by atoms with Crippen molar-refractivity contribution in [1.29, 1.82) is 0 Å². The van der Waals surface area contributed by atoms with E-state index in [4.69, 9.17) is 15.2 Å². The molecule has 0 spiro atoms. The van der Waals surface area contributed by atoms with Gasteiger partial charge in [0, 0.05) is 18.0 Å². The lowest BCUT2D eigenvalue weighted by Gasteiger charge is -2.06. The average molecular weight is 309 g/mol. The van der Waals surface area contributed by atoms with Crippen molar-refractivity contribution in [2.24, 2.45) is 0 Å². The lowest BCUT2D eigenvalue weighted by molar-refractivity contribution is 0.354. The third kappa shape index (κ3) is 2.99. The molecular formula is C18H19N3O2. The Morgan fingerprint density at radius 3 is 2.83 bits per heavy atom. The van der Waals surface area contributed by atoms with Gasteiger partial charge >= 0.3 is 0 Å². The van der Waals surface area contributed by atoms with Crippen LogP contribution in [-0.2, 0) is 0 Å². The first-order chi connectivity index (χ1) is 11.1. The number of fused-ring (bicyclic) bond motifs is 1. The van der Waals surface area contributed by atoms with E-state index in [9.17, 15) is 0 Å². The summed E-state index contributed by atoms with van der Waals surface area (Å²) in [5.41, 5.74) is 10.0. The molecule has 23 heavy (non-hydrogen) atoms. The first-order valence-corrected chi connectivity index (χ1v) is 7.27. The Morgan fingerprint density at radius 1 is 1.30 bits per heavy atom. The monoisotopic (exact) mass is 309 g/mol. The van der Waals surface area contributed by atoms with Crippen LogP contribution in [0.3, 0.4) is 0 Å². The van der Waals surface area contributed by atoms with Crippen LogP contribution in [0, 0.1) is 0 Å². The first kappa shape index (κ1) is 15.0. The molecule has 3 aromatic rings. The second kappa shape index (κ2) is 6.04. The van der Waals surface area contributed by atoms with Crippen LogP contribution in [0.1, 0.15) is 6.92 Å². The molecule has 0 saturated carbocycles. The molecule has 0 amide bonds. The SMILES string of the molecule is C=C(C)COc1cccn2cc(-c3ccc(OC)c(N)c3)nc12. The zero-order valence-electron chi connectivity index (χ0n) is 13.2. The van der Waals surface area contributed by atoms with Crippen LogP contribution < -0.4 is 15.2 Å². The second-order valence-corrected chi connectivity index (χ2v) is 5.43. The van der Waals surface area contributed by atoms with Crippen molar-refractivity contribution in [3.8, 4) is 22.8 Å². The Balaban J connectivity index is 2.01. The molecular weight excluding hydrogens is 290 g/mol. The number of aromatic nitrogens is 2. The maximum atomic E-state index is 5.98. The number of ether oxygens (including phenoxy) is 2. The maximum Gasteiger partial charge on any atom is 0.180 e. The van der Waals surface area contributed by atoms with Gasteiger partial charge in [-0.05, 0) is 42.8 Å². The number of imidazole rings is 1. The first-order valence-electron chi connectivity index (χ1n) is 7.27. The lowest BCUT2D eigenvalue weighted by atomic mass is 10.1. The molecule has 0 radical (unpaired) electrons. The van der Waals surface area contributed by atoms with Crippen LogP contribution in [0.4, 0.5) is 5.69 Å². The summed E-state index contributed by atoms with van der Waals surface area (Å²) in [4.78, 5) is 4.67. The van der Waals surface area contributed by atoms with E-state index in [1.807, 2.05) is 54.0 Å². The van der Waals surface area contributed by atoms with E-state index in [-0.39, 0.29) is 0 Å². The molecule has 0 aliphatic carbocycles. The number of nitrogen functional groups attached to an aromatic ring is 1. The van der Waals surface area contributed by atoms with Crippen molar-refractivity contribution >= 4 is 11.3 Å². The number of nitrogens with zero attached hydrogens (tertiary/aromatic N) is 2. The third-order valence-corrected chi connectivity index (χ3v) is 3.45. The number of pyridine rings is 1. The van der Waals surface area contributed by atoms with Crippen LogP contribution in [-0.4, -0.2) is 23.1 Å². The zero-order chi connectivity index (χ0) is 16.4. The van der Waals surface area contributed by atoms with Crippen molar-refractivity contribution in [3.05, 3.63) is 54.9 Å². The quantitative estimate of drug-likeness (QED) is 0.578. The van der Waals surface area contributed by atoms with Crippen LogP contribution >= 0.6 is 0 Å². The topological polar surface area (TPSA) is 61.8 Å². The molecule has 118 valence electrons. The number of rotatable bonds is 5. The van der Waals surface area contributed by atoms with Crippen molar-refractivity contribution in [1.82, 2.24) is 9.38 Å². The minimum atomic E-state index is 0.470. The molecule has 0 aliphatic rings. The highest BCUT2D eigenvalue weighted by atomic mass is 16.5.